The molecule has 0 aliphatic carbocycles. The summed E-state index contributed by atoms with van der Waals surface area (Å²) in [5.41, 5.74) is 7.59. The minimum Gasteiger partial charge on any atom is -0.324 e. The van der Waals surface area contributed by atoms with Crippen LogP contribution in [0.4, 0.5) is 4.39 Å². The number of nitrogens with two attached hydrogens (primary N) is 1. The Morgan fingerprint density at radius 3 is 2.67 bits per heavy atom. The van der Waals surface area contributed by atoms with Gasteiger partial charge >= 0.3 is 0 Å². The molecule has 1 unspecified atom stereocenters. The van der Waals surface area contributed by atoms with Crippen molar-refractivity contribution in [3.8, 4) is 0 Å². The SMILES string of the molecule is NC(Cc1ccncc1Cl)c1ccc(Cl)c(F)c1. The van der Waals surface area contributed by atoms with E-state index in [1.54, 1.807) is 24.5 Å². The molecule has 0 aliphatic rings. The molecule has 1 aromatic carbocycles. The Bertz CT molecular complexity index is 560. The number of aromatic nitrogens is 1. The summed E-state index contributed by atoms with van der Waals surface area (Å²) in [6.45, 7) is 0. The summed E-state index contributed by atoms with van der Waals surface area (Å²) < 4.78 is 13.3. The molecule has 2 aromatic rings. The number of hydrogen-bond acceptors (Lipinski definition) is 2. The summed E-state index contributed by atoms with van der Waals surface area (Å²) in [5.74, 6) is -0.467. The van der Waals surface area contributed by atoms with Gasteiger partial charge in [-0.25, -0.2) is 4.39 Å². The first-order chi connectivity index (χ1) is 8.58. The fraction of sp³-hybridized carbons (Fsp3) is 0.154. The highest BCUT2D eigenvalue weighted by Crippen LogP contribution is 2.23. The molecule has 0 radical (unpaired) electrons. The molecule has 1 heterocycles. The van der Waals surface area contributed by atoms with Gasteiger partial charge in [0.05, 0.1) is 10.0 Å². The maximum atomic E-state index is 13.3. The zero-order valence-corrected chi connectivity index (χ0v) is 10.9. The lowest BCUT2D eigenvalue weighted by atomic mass is 10.0. The molecule has 94 valence electrons. The molecule has 18 heavy (non-hydrogen) atoms. The number of hydrogen-bond donors (Lipinski definition) is 1. The maximum Gasteiger partial charge on any atom is 0.142 e. The molecule has 2 rings (SSSR count). The van der Waals surface area contributed by atoms with Crippen LogP contribution in [0.2, 0.25) is 10.0 Å². The highest BCUT2D eigenvalue weighted by atomic mass is 35.5. The Hall–Kier alpha value is -1.16. The second kappa shape index (κ2) is 5.65. The molecule has 0 saturated heterocycles. The van der Waals surface area contributed by atoms with E-state index in [2.05, 4.69) is 4.98 Å². The first-order valence-electron chi connectivity index (χ1n) is 5.37. The van der Waals surface area contributed by atoms with Crippen LogP contribution in [0.25, 0.3) is 0 Å². The van der Waals surface area contributed by atoms with E-state index in [9.17, 15) is 4.39 Å². The van der Waals surface area contributed by atoms with Gasteiger partial charge in [0, 0.05) is 18.4 Å². The fourth-order valence-corrected chi connectivity index (χ4v) is 1.98. The summed E-state index contributed by atoms with van der Waals surface area (Å²) in [5, 5.41) is 0.648. The molecule has 0 spiro atoms. The van der Waals surface area contributed by atoms with Gasteiger partial charge in [-0.2, -0.15) is 0 Å². The molecule has 0 aliphatic heterocycles. The minimum absolute atomic E-state index is 0.0906. The molecular formula is C13H11Cl2FN2. The Labute approximate surface area is 115 Å². The molecule has 0 amide bonds. The molecule has 5 heteroatoms. The maximum absolute atomic E-state index is 13.3. The zero-order valence-electron chi connectivity index (χ0n) is 9.41. The van der Waals surface area contributed by atoms with Crippen molar-refractivity contribution in [3.05, 3.63) is 63.6 Å². The lowest BCUT2D eigenvalue weighted by Gasteiger charge is -2.13. The van der Waals surface area contributed by atoms with Gasteiger partial charge in [-0.15, -0.1) is 0 Å². The molecule has 0 saturated carbocycles. The third-order valence-corrected chi connectivity index (χ3v) is 3.31. The fourth-order valence-electron chi connectivity index (χ4n) is 1.67. The third-order valence-electron chi connectivity index (χ3n) is 2.67. The van der Waals surface area contributed by atoms with Gasteiger partial charge in [-0.05, 0) is 35.7 Å². The van der Waals surface area contributed by atoms with Gasteiger partial charge in [-0.3, -0.25) is 4.98 Å². The van der Waals surface area contributed by atoms with Crippen molar-refractivity contribution in [1.82, 2.24) is 4.98 Å². The van der Waals surface area contributed by atoms with Crippen molar-refractivity contribution in [3.63, 3.8) is 0 Å². The topological polar surface area (TPSA) is 38.9 Å². The quantitative estimate of drug-likeness (QED) is 0.932. The number of benzene rings is 1. The van der Waals surface area contributed by atoms with Crippen LogP contribution in [0.3, 0.4) is 0 Å². The van der Waals surface area contributed by atoms with Crippen molar-refractivity contribution < 1.29 is 4.39 Å². The number of pyridine rings is 1. The lowest BCUT2D eigenvalue weighted by Crippen LogP contribution is -2.14. The van der Waals surface area contributed by atoms with Crippen molar-refractivity contribution >= 4 is 23.2 Å². The normalized spacial score (nSPS) is 12.4. The third kappa shape index (κ3) is 2.99. The number of nitrogens with zero attached hydrogens (tertiary/aromatic N) is 1. The second-order valence-electron chi connectivity index (χ2n) is 3.95. The van der Waals surface area contributed by atoms with E-state index in [0.717, 1.165) is 5.56 Å². The smallest absolute Gasteiger partial charge is 0.142 e. The predicted molar refractivity (Wildman–Crippen MR) is 71.3 cm³/mol. The standard InChI is InChI=1S/C13H11Cl2FN2/c14-10-2-1-9(5-12(10)16)13(17)6-8-3-4-18-7-11(8)15/h1-5,7,13H,6,17H2. The summed E-state index contributed by atoms with van der Waals surface area (Å²) in [4.78, 5) is 3.90. The summed E-state index contributed by atoms with van der Waals surface area (Å²) in [7, 11) is 0. The van der Waals surface area contributed by atoms with E-state index in [4.69, 9.17) is 28.9 Å². The van der Waals surface area contributed by atoms with Crippen LogP contribution in [-0.4, -0.2) is 4.98 Å². The van der Waals surface area contributed by atoms with E-state index in [-0.39, 0.29) is 11.1 Å². The van der Waals surface area contributed by atoms with Gasteiger partial charge in [0.2, 0.25) is 0 Å². The first-order valence-corrected chi connectivity index (χ1v) is 6.12. The summed E-state index contributed by atoms with van der Waals surface area (Å²) >= 11 is 11.6. The van der Waals surface area contributed by atoms with Crippen LogP contribution < -0.4 is 5.73 Å². The predicted octanol–water partition coefficient (Wildman–Crippen LogP) is 3.77. The summed E-state index contributed by atoms with van der Waals surface area (Å²) in [6.07, 6.45) is 3.73. The molecule has 0 fully saturated rings. The molecule has 2 nitrogen and oxygen atoms in total. The van der Waals surface area contributed by atoms with Gasteiger partial charge in [0.25, 0.3) is 0 Å². The number of rotatable bonds is 3. The van der Waals surface area contributed by atoms with Gasteiger partial charge in [-0.1, -0.05) is 29.3 Å². The molecule has 2 N–H and O–H groups in total. The zero-order chi connectivity index (χ0) is 13.1. The molecule has 0 bridgehead atoms. The van der Waals surface area contributed by atoms with Gasteiger partial charge < -0.3 is 5.73 Å². The highest BCUT2D eigenvalue weighted by Gasteiger charge is 2.11. The Morgan fingerprint density at radius 1 is 1.22 bits per heavy atom. The minimum atomic E-state index is -0.467. The lowest BCUT2D eigenvalue weighted by molar-refractivity contribution is 0.619. The Balaban J connectivity index is 2.19. The van der Waals surface area contributed by atoms with Crippen molar-refractivity contribution in [2.45, 2.75) is 12.5 Å². The van der Waals surface area contributed by atoms with E-state index in [1.807, 2.05) is 0 Å². The largest absolute Gasteiger partial charge is 0.324 e. The van der Waals surface area contributed by atoms with Gasteiger partial charge in [0.15, 0.2) is 0 Å². The molecule has 1 aromatic heterocycles. The van der Waals surface area contributed by atoms with Crippen LogP contribution in [0, 0.1) is 5.82 Å². The molecular weight excluding hydrogens is 274 g/mol. The summed E-state index contributed by atoms with van der Waals surface area (Å²) in [6, 6.07) is 6.03. The first kappa shape index (κ1) is 13.3. The van der Waals surface area contributed by atoms with E-state index >= 15 is 0 Å². The van der Waals surface area contributed by atoms with Gasteiger partial charge in [0.1, 0.15) is 5.82 Å². The second-order valence-corrected chi connectivity index (χ2v) is 4.77. The molecule has 1 atom stereocenters. The van der Waals surface area contributed by atoms with Crippen LogP contribution in [0.1, 0.15) is 17.2 Å². The Kier molecular flexibility index (Phi) is 4.17. The van der Waals surface area contributed by atoms with Crippen LogP contribution >= 0.6 is 23.2 Å². The van der Waals surface area contributed by atoms with Crippen molar-refractivity contribution in [2.24, 2.45) is 5.73 Å². The van der Waals surface area contributed by atoms with Crippen LogP contribution in [0.5, 0.6) is 0 Å². The van der Waals surface area contributed by atoms with E-state index < -0.39 is 5.82 Å². The average Bonchev–Trinajstić information content (AvgIpc) is 2.35. The Morgan fingerprint density at radius 2 is 2.00 bits per heavy atom. The number of halogens is 3. The van der Waals surface area contributed by atoms with Crippen molar-refractivity contribution in [2.75, 3.05) is 0 Å². The monoisotopic (exact) mass is 284 g/mol. The van der Waals surface area contributed by atoms with Crippen LogP contribution in [-0.2, 0) is 6.42 Å². The average molecular weight is 285 g/mol. The van der Waals surface area contributed by atoms with Crippen LogP contribution in [0.15, 0.2) is 36.7 Å². The van der Waals surface area contributed by atoms with E-state index in [1.165, 1.54) is 12.1 Å². The highest BCUT2D eigenvalue weighted by molar-refractivity contribution is 6.31. The van der Waals surface area contributed by atoms with E-state index in [0.29, 0.717) is 17.0 Å². The van der Waals surface area contributed by atoms with Crippen molar-refractivity contribution in [1.29, 1.82) is 0 Å².